The first kappa shape index (κ1) is 19.3. The van der Waals surface area contributed by atoms with Crippen LogP contribution in [0.5, 0.6) is 0 Å². The Balaban J connectivity index is 1.23. The lowest BCUT2D eigenvalue weighted by atomic mass is 9.94. The average Bonchev–Trinajstić information content (AvgIpc) is 3.47. The first-order valence-electron chi connectivity index (χ1n) is 11.7. The number of aromatic amines is 2. The van der Waals surface area contributed by atoms with Gasteiger partial charge in [-0.15, -0.1) is 0 Å². The van der Waals surface area contributed by atoms with E-state index in [0.717, 1.165) is 65.7 Å². The molecule has 4 aromatic rings. The lowest BCUT2D eigenvalue weighted by Gasteiger charge is -2.41. The highest BCUT2D eigenvalue weighted by Crippen LogP contribution is 2.29. The minimum absolute atomic E-state index is 0.616. The highest BCUT2D eigenvalue weighted by Gasteiger charge is 2.25. The molecule has 6 rings (SSSR count). The third kappa shape index (κ3) is 3.41. The van der Waals surface area contributed by atoms with Crippen LogP contribution in [0.3, 0.4) is 0 Å². The van der Waals surface area contributed by atoms with Gasteiger partial charge in [0, 0.05) is 43.3 Å². The molecule has 1 saturated heterocycles. The van der Waals surface area contributed by atoms with Crippen molar-refractivity contribution < 1.29 is 0 Å². The van der Waals surface area contributed by atoms with Crippen molar-refractivity contribution in [2.45, 2.75) is 38.1 Å². The number of imidazole rings is 1. The van der Waals surface area contributed by atoms with Gasteiger partial charge in [-0.1, -0.05) is 19.3 Å². The quantitative estimate of drug-likeness (QED) is 0.507. The molecule has 3 heterocycles. The van der Waals surface area contributed by atoms with Crippen LogP contribution in [0.25, 0.3) is 33.5 Å². The van der Waals surface area contributed by atoms with E-state index in [1.54, 1.807) is 0 Å². The number of hydrogen-bond acceptors (Lipinski definition) is 5. The standard InChI is InChI=1S/C25H27N7/c26-16-17-6-8-20-22(14-17)29-30-24(20)25-27-21-9-7-19(15-23(21)28-25)32-12-10-31(11-13-32)18-4-2-1-3-5-18/h6-9,14-15,18H,1-5,10-13H2,(H,27,28)(H,29,30). The second kappa shape index (κ2) is 7.95. The smallest absolute Gasteiger partial charge is 0.159 e. The summed E-state index contributed by atoms with van der Waals surface area (Å²) in [6, 6.07) is 15.0. The summed E-state index contributed by atoms with van der Waals surface area (Å²) in [6.45, 7) is 4.46. The molecular formula is C25H27N7. The minimum Gasteiger partial charge on any atom is -0.369 e. The first-order valence-corrected chi connectivity index (χ1v) is 11.7. The second-order valence-electron chi connectivity index (χ2n) is 9.05. The van der Waals surface area contributed by atoms with Gasteiger partial charge in [0.1, 0.15) is 5.69 Å². The molecule has 32 heavy (non-hydrogen) atoms. The zero-order chi connectivity index (χ0) is 21.5. The number of benzene rings is 2. The number of hydrogen-bond donors (Lipinski definition) is 2. The Hall–Kier alpha value is -3.37. The first-order chi connectivity index (χ1) is 15.8. The lowest BCUT2D eigenvalue weighted by Crippen LogP contribution is -2.50. The van der Waals surface area contributed by atoms with Crippen LogP contribution in [-0.4, -0.2) is 57.3 Å². The fourth-order valence-electron chi connectivity index (χ4n) is 5.37. The second-order valence-corrected chi connectivity index (χ2v) is 9.05. The summed E-state index contributed by atoms with van der Waals surface area (Å²) in [5.41, 5.74) is 5.46. The van der Waals surface area contributed by atoms with E-state index in [4.69, 9.17) is 10.2 Å². The van der Waals surface area contributed by atoms with Crippen molar-refractivity contribution in [1.29, 1.82) is 5.26 Å². The van der Waals surface area contributed by atoms with Gasteiger partial charge in [-0.3, -0.25) is 10.00 Å². The summed E-state index contributed by atoms with van der Waals surface area (Å²) >= 11 is 0. The number of H-pyrrole nitrogens is 2. The summed E-state index contributed by atoms with van der Waals surface area (Å²) in [5, 5.41) is 17.6. The molecule has 0 spiro atoms. The number of aromatic nitrogens is 4. The van der Waals surface area contributed by atoms with E-state index in [2.05, 4.69) is 49.2 Å². The van der Waals surface area contributed by atoms with Crippen molar-refractivity contribution in [1.82, 2.24) is 25.1 Å². The van der Waals surface area contributed by atoms with E-state index in [9.17, 15) is 0 Å². The van der Waals surface area contributed by atoms with Gasteiger partial charge in [0.15, 0.2) is 5.82 Å². The summed E-state index contributed by atoms with van der Waals surface area (Å²) in [6.07, 6.45) is 6.96. The minimum atomic E-state index is 0.616. The van der Waals surface area contributed by atoms with Crippen LogP contribution in [0, 0.1) is 11.3 Å². The Kier molecular flexibility index (Phi) is 4.80. The monoisotopic (exact) mass is 425 g/mol. The molecule has 0 amide bonds. The number of nitrogens with one attached hydrogen (secondary N) is 2. The zero-order valence-corrected chi connectivity index (χ0v) is 18.1. The molecule has 2 aliphatic rings. The predicted molar refractivity (Wildman–Crippen MR) is 127 cm³/mol. The number of fused-ring (bicyclic) bond motifs is 2. The Bertz CT molecular complexity index is 1300. The Morgan fingerprint density at radius 1 is 0.938 bits per heavy atom. The maximum absolute atomic E-state index is 9.12. The largest absolute Gasteiger partial charge is 0.369 e. The molecule has 7 heteroatoms. The Labute approximate surface area is 187 Å². The van der Waals surface area contributed by atoms with Crippen molar-refractivity contribution in [2.24, 2.45) is 0 Å². The maximum Gasteiger partial charge on any atom is 0.159 e. The molecule has 7 nitrogen and oxygen atoms in total. The molecule has 0 bridgehead atoms. The zero-order valence-electron chi connectivity index (χ0n) is 18.1. The van der Waals surface area contributed by atoms with Gasteiger partial charge in [0.05, 0.1) is 28.2 Å². The Morgan fingerprint density at radius 2 is 1.78 bits per heavy atom. The molecule has 2 fully saturated rings. The maximum atomic E-state index is 9.12. The van der Waals surface area contributed by atoms with Gasteiger partial charge in [-0.25, -0.2) is 4.98 Å². The normalized spacial score (nSPS) is 18.4. The van der Waals surface area contributed by atoms with E-state index < -0.39 is 0 Å². The molecule has 0 atom stereocenters. The van der Waals surface area contributed by atoms with Gasteiger partial charge in [-0.2, -0.15) is 10.4 Å². The van der Waals surface area contributed by atoms with Crippen LogP contribution < -0.4 is 4.90 Å². The molecule has 2 N–H and O–H groups in total. The molecular weight excluding hydrogens is 398 g/mol. The predicted octanol–water partition coefficient (Wildman–Crippen LogP) is 4.43. The third-order valence-electron chi connectivity index (χ3n) is 7.15. The number of piperazine rings is 1. The molecule has 2 aromatic heterocycles. The van der Waals surface area contributed by atoms with Gasteiger partial charge in [-0.05, 0) is 49.2 Å². The fourth-order valence-corrected chi connectivity index (χ4v) is 5.37. The van der Waals surface area contributed by atoms with Gasteiger partial charge >= 0.3 is 0 Å². The van der Waals surface area contributed by atoms with Crippen molar-refractivity contribution in [3.05, 3.63) is 42.0 Å². The summed E-state index contributed by atoms with van der Waals surface area (Å²) in [7, 11) is 0. The average molecular weight is 426 g/mol. The number of nitriles is 1. The van der Waals surface area contributed by atoms with Crippen molar-refractivity contribution in [3.63, 3.8) is 0 Å². The van der Waals surface area contributed by atoms with E-state index in [-0.39, 0.29) is 0 Å². The highest BCUT2D eigenvalue weighted by molar-refractivity contribution is 5.94. The van der Waals surface area contributed by atoms with Crippen LogP contribution in [0.15, 0.2) is 36.4 Å². The van der Waals surface area contributed by atoms with E-state index in [0.29, 0.717) is 5.56 Å². The van der Waals surface area contributed by atoms with Gasteiger partial charge in [0.25, 0.3) is 0 Å². The van der Waals surface area contributed by atoms with E-state index in [1.807, 2.05) is 18.2 Å². The summed E-state index contributed by atoms with van der Waals surface area (Å²) in [5.74, 6) is 0.746. The molecule has 1 aliphatic carbocycles. The van der Waals surface area contributed by atoms with Crippen molar-refractivity contribution in [2.75, 3.05) is 31.1 Å². The number of rotatable bonds is 3. The van der Waals surface area contributed by atoms with E-state index in [1.165, 1.54) is 37.8 Å². The van der Waals surface area contributed by atoms with Gasteiger partial charge in [0.2, 0.25) is 0 Å². The van der Waals surface area contributed by atoms with Crippen LogP contribution in [0.4, 0.5) is 5.69 Å². The molecule has 162 valence electrons. The number of anilines is 1. The lowest BCUT2D eigenvalue weighted by molar-refractivity contribution is 0.148. The van der Waals surface area contributed by atoms with Crippen LogP contribution >= 0.6 is 0 Å². The summed E-state index contributed by atoms with van der Waals surface area (Å²) < 4.78 is 0. The Morgan fingerprint density at radius 3 is 2.59 bits per heavy atom. The molecule has 1 saturated carbocycles. The van der Waals surface area contributed by atoms with Gasteiger partial charge < -0.3 is 9.88 Å². The van der Waals surface area contributed by atoms with Crippen LogP contribution in [0.1, 0.15) is 37.7 Å². The van der Waals surface area contributed by atoms with Crippen LogP contribution in [-0.2, 0) is 0 Å². The topological polar surface area (TPSA) is 87.6 Å². The molecule has 0 unspecified atom stereocenters. The number of nitrogens with zero attached hydrogens (tertiary/aromatic N) is 5. The van der Waals surface area contributed by atoms with E-state index >= 15 is 0 Å². The molecule has 2 aromatic carbocycles. The highest BCUT2D eigenvalue weighted by atomic mass is 15.3. The third-order valence-corrected chi connectivity index (χ3v) is 7.15. The van der Waals surface area contributed by atoms with Crippen LogP contribution in [0.2, 0.25) is 0 Å². The summed E-state index contributed by atoms with van der Waals surface area (Å²) in [4.78, 5) is 13.4. The van der Waals surface area contributed by atoms with Crippen molar-refractivity contribution >= 4 is 27.6 Å². The van der Waals surface area contributed by atoms with Crippen molar-refractivity contribution in [3.8, 4) is 17.6 Å². The molecule has 1 aliphatic heterocycles. The fraction of sp³-hybridized carbons (Fsp3) is 0.400. The molecule has 0 radical (unpaired) electrons. The SMILES string of the molecule is N#Cc1ccc2c(-c3nc4ccc(N5CCN(C6CCCCC6)CC5)cc4[nH]3)n[nH]c2c1.